The number of aliphatic hydroxyl groups is 1. The van der Waals surface area contributed by atoms with Crippen LogP contribution in [0.15, 0.2) is 35.9 Å². The van der Waals surface area contributed by atoms with Crippen LogP contribution in [-0.2, 0) is 0 Å². The summed E-state index contributed by atoms with van der Waals surface area (Å²) in [6, 6.07) is 0. The molecule has 0 saturated carbocycles. The third kappa shape index (κ3) is 8.86. The molecule has 0 radical (unpaired) electrons. The van der Waals surface area contributed by atoms with Gasteiger partial charge < -0.3 is 5.11 Å². The first kappa shape index (κ1) is 14.5. The fourth-order valence-electron chi connectivity index (χ4n) is 0.648. The van der Waals surface area contributed by atoms with Crippen molar-refractivity contribution in [1.29, 1.82) is 0 Å². The van der Waals surface area contributed by atoms with E-state index in [9.17, 15) is 4.39 Å². The molecule has 0 amide bonds. The number of allylic oxidation sites excluding steroid dienone is 5. The lowest BCUT2D eigenvalue weighted by molar-refractivity contribution is 0.447. The molecule has 13 heavy (non-hydrogen) atoms. The molecule has 0 aliphatic heterocycles. The van der Waals surface area contributed by atoms with Gasteiger partial charge in [0.05, 0.1) is 0 Å². The molecule has 0 bridgehead atoms. The van der Waals surface area contributed by atoms with E-state index in [0.717, 1.165) is 12.0 Å². The number of halogens is 1. The Balaban J connectivity index is 0. The Morgan fingerprint density at radius 2 is 1.85 bits per heavy atom. The average Bonchev–Trinajstić information content (AvgIpc) is 2.22. The number of hydrogen-bond acceptors (Lipinski definition) is 1. The highest BCUT2D eigenvalue weighted by molar-refractivity contribution is 5.23. The summed E-state index contributed by atoms with van der Waals surface area (Å²) in [5.74, 6) is -0.627. The maximum atomic E-state index is 12.3. The summed E-state index contributed by atoms with van der Waals surface area (Å²) in [6.45, 7) is 7.88. The van der Waals surface area contributed by atoms with Gasteiger partial charge >= 0.3 is 0 Å². The lowest BCUT2D eigenvalue weighted by atomic mass is 10.2. The zero-order valence-electron chi connectivity index (χ0n) is 8.84. The minimum Gasteiger partial charge on any atom is -0.513 e. The smallest absolute Gasteiger partial charge is 0.157 e. The van der Waals surface area contributed by atoms with Crippen molar-refractivity contribution in [3.63, 3.8) is 0 Å². The second-order valence-corrected chi connectivity index (χ2v) is 2.06. The Morgan fingerprint density at radius 3 is 2.15 bits per heavy atom. The van der Waals surface area contributed by atoms with Crippen LogP contribution < -0.4 is 0 Å². The van der Waals surface area contributed by atoms with Gasteiger partial charge in [-0.05, 0) is 19.4 Å². The predicted molar refractivity (Wildman–Crippen MR) is 56.4 cm³/mol. The predicted octanol–water partition coefficient (Wildman–Crippen LogP) is 4.29. The first-order valence-corrected chi connectivity index (χ1v) is 4.57. The molecule has 0 unspecified atom stereocenters. The lowest BCUT2D eigenvalue weighted by Gasteiger charge is -1.92. The van der Waals surface area contributed by atoms with Gasteiger partial charge in [0.15, 0.2) is 5.83 Å². The summed E-state index contributed by atoms with van der Waals surface area (Å²) >= 11 is 0. The third-order valence-corrected chi connectivity index (χ3v) is 1.36. The lowest BCUT2D eigenvalue weighted by Crippen LogP contribution is -1.73. The zero-order valence-corrected chi connectivity index (χ0v) is 8.84. The van der Waals surface area contributed by atoms with Crippen LogP contribution in [0, 0.1) is 0 Å². The molecule has 0 rings (SSSR count). The van der Waals surface area contributed by atoms with Crippen LogP contribution in [-0.4, -0.2) is 5.11 Å². The molecule has 0 aliphatic carbocycles. The van der Waals surface area contributed by atoms with Gasteiger partial charge in [-0.2, -0.15) is 0 Å². The van der Waals surface area contributed by atoms with Crippen molar-refractivity contribution in [2.24, 2.45) is 0 Å². The fourth-order valence-corrected chi connectivity index (χ4v) is 0.648. The van der Waals surface area contributed by atoms with Crippen molar-refractivity contribution < 1.29 is 9.50 Å². The third-order valence-electron chi connectivity index (χ3n) is 1.36. The van der Waals surface area contributed by atoms with E-state index in [-0.39, 0.29) is 0 Å². The molecule has 0 spiro atoms. The highest BCUT2D eigenvalue weighted by atomic mass is 19.1. The molecule has 0 saturated heterocycles. The van der Waals surface area contributed by atoms with E-state index >= 15 is 0 Å². The van der Waals surface area contributed by atoms with Crippen molar-refractivity contribution in [1.82, 2.24) is 0 Å². The summed E-state index contributed by atoms with van der Waals surface area (Å²) in [5.41, 5.74) is 1.04. The van der Waals surface area contributed by atoms with Gasteiger partial charge in [0.1, 0.15) is 6.26 Å². The second kappa shape index (κ2) is 11.0. The molecule has 0 aromatic heterocycles. The Hall–Kier alpha value is -1.05. The maximum absolute atomic E-state index is 12.3. The molecule has 2 heteroatoms. The van der Waals surface area contributed by atoms with E-state index in [0.29, 0.717) is 6.26 Å². The molecule has 0 aliphatic rings. The van der Waals surface area contributed by atoms with Crippen LogP contribution in [0.2, 0.25) is 0 Å². The van der Waals surface area contributed by atoms with Gasteiger partial charge in [-0.1, -0.05) is 38.5 Å². The van der Waals surface area contributed by atoms with E-state index in [1.165, 1.54) is 6.08 Å². The molecular weight excluding hydrogens is 167 g/mol. The summed E-state index contributed by atoms with van der Waals surface area (Å²) < 4.78 is 12.3. The van der Waals surface area contributed by atoms with Crippen molar-refractivity contribution >= 4 is 0 Å². The highest BCUT2D eigenvalue weighted by Gasteiger charge is 1.87. The Labute approximate surface area is 80.3 Å². The van der Waals surface area contributed by atoms with E-state index in [2.05, 4.69) is 0 Å². The number of hydrogen-bond donors (Lipinski definition) is 1. The van der Waals surface area contributed by atoms with Crippen molar-refractivity contribution in [2.45, 2.75) is 34.1 Å². The van der Waals surface area contributed by atoms with Crippen LogP contribution in [0.3, 0.4) is 0 Å². The molecule has 1 nitrogen and oxygen atoms in total. The molecule has 0 aromatic carbocycles. The summed E-state index contributed by atoms with van der Waals surface area (Å²) in [7, 11) is 0. The monoisotopic (exact) mass is 186 g/mol. The summed E-state index contributed by atoms with van der Waals surface area (Å²) in [4.78, 5) is 0. The minimum atomic E-state index is -0.627. The Morgan fingerprint density at radius 1 is 1.31 bits per heavy atom. The Bertz CT molecular complexity index is 190. The van der Waals surface area contributed by atoms with E-state index < -0.39 is 5.83 Å². The largest absolute Gasteiger partial charge is 0.513 e. The Kier molecular flexibility index (Phi) is 12.2. The highest BCUT2D eigenvalue weighted by Crippen LogP contribution is 2.05. The first-order chi connectivity index (χ1) is 6.24. The van der Waals surface area contributed by atoms with Crippen molar-refractivity contribution in [2.75, 3.05) is 0 Å². The van der Waals surface area contributed by atoms with Gasteiger partial charge in [-0.3, -0.25) is 0 Å². The minimum absolute atomic E-state index is 0.444. The van der Waals surface area contributed by atoms with Gasteiger partial charge in [0, 0.05) is 0 Å². The average molecular weight is 186 g/mol. The van der Waals surface area contributed by atoms with Crippen LogP contribution in [0.5, 0.6) is 0 Å². The second-order valence-electron chi connectivity index (χ2n) is 2.06. The standard InChI is InChI=1S/C9H13FO.C2H6/c1-3-8(4-2)5-6-9(10)7-11;1-2/h3,5-7,11H,4H2,1-2H3;1-2H3/b6-5-,8-3-,9-7-;. The van der Waals surface area contributed by atoms with Gasteiger partial charge in [-0.25, -0.2) is 4.39 Å². The van der Waals surface area contributed by atoms with E-state index in [1.807, 2.05) is 33.8 Å². The normalized spacial score (nSPS) is 12.7. The zero-order chi connectivity index (χ0) is 10.7. The molecule has 0 aromatic rings. The molecule has 1 N–H and O–H groups in total. The molecule has 0 heterocycles. The van der Waals surface area contributed by atoms with E-state index in [1.54, 1.807) is 6.08 Å². The number of rotatable bonds is 3. The van der Waals surface area contributed by atoms with Crippen LogP contribution in [0.25, 0.3) is 0 Å². The van der Waals surface area contributed by atoms with Crippen molar-refractivity contribution in [3.05, 3.63) is 35.9 Å². The van der Waals surface area contributed by atoms with Crippen LogP contribution >= 0.6 is 0 Å². The topological polar surface area (TPSA) is 20.2 Å². The van der Waals surface area contributed by atoms with Crippen molar-refractivity contribution in [3.8, 4) is 0 Å². The summed E-state index contributed by atoms with van der Waals surface area (Å²) in [5, 5.41) is 8.19. The molecule has 0 fully saturated rings. The maximum Gasteiger partial charge on any atom is 0.157 e. The SMILES string of the molecule is CC.C\C=C(/C=C\C(F)=C\O)CC. The molecular formula is C11H19FO. The van der Waals surface area contributed by atoms with Gasteiger partial charge in [0.25, 0.3) is 0 Å². The van der Waals surface area contributed by atoms with E-state index in [4.69, 9.17) is 5.11 Å². The van der Waals surface area contributed by atoms with Crippen LogP contribution in [0.4, 0.5) is 4.39 Å². The number of aliphatic hydroxyl groups excluding tert-OH is 1. The molecule has 76 valence electrons. The van der Waals surface area contributed by atoms with Crippen LogP contribution in [0.1, 0.15) is 34.1 Å². The quantitative estimate of drug-likeness (QED) is 0.514. The molecule has 0 atom stereocenters. The van der Waals surface area contributed by atoms with Gasteiger partial charge in [-0.15, -0.1) is 0 Å². The van der Waals surface area contributed by atoms with Gasteiger partial charge in [0.2, 0.25) is 0 Å². The first-order valence-electron chi connectivity index (χ1n) is 4.57. The summed E-state index contributed by atoms with van der Waals surface area (Å²) in [6.07, 6.45) is 6.09. The fraction of sp³-hybridized carbons (Fsp3) is 0.455.